The van der Waals surface area contributed by atoms with E-state index in [-0.39, 0.29) is 32.7 Å². The van der Waals surface area contributed by atoms with Gasteiger partial charge >= 0.3 is 12.1 Å². The van der Waals surface area contributed by atoms with Gasteiger partial charge in [0.15, 0.2) is 0 Å². The van der Waals surface area contributed by atoms with E-state index in [2.05, 4.69) is 15.1 Å². The van der Waals surface area contributed by atoms with Crippen molar-refractivity contribution in [2.45, 2.75) is 51.7 Å². The van der Waals surface area contributed by atoms with Crippen LogP contribution in [0.5, 0.6) is 5.75 Å². The summed E-state index contributed by atoms with van der Waals surface area (Å²) >= 11 is 0. The third-order valence-electron chi connectivity index (χ3n) is 6.09. The topological polar surface area (TPSA) is 150 Å². The Morgan fingerprint density at radius 3 is 2.30 bits per heavy atom. The Balaban J connectivity index is 2.03. The number of nitrogens with one attached hydrogen (secondary N) is 1. The van der Waals surface area contributed by atoms with E-state index in [1.165, 1.54) is 19.1 Å². The van der Waals surface area contributed by atoms with Crippen LogP contribution in [0.3, 0.4) is 0 Å². The molecular weight excluding hydrogens is 556 g/mol. The lowest BCUT2D eigenvalue weighted by Crippen LogP contribution is -2.50. The fraction of sp³-hybridized carbons (Fsp3) is 0.484. The van der Waals surface area contributed by atoms with Crippen molar-refractivity contribution in [2.24, 2.45) is 5.73 Å². The van der Waals surface area contributed by atoms with E-state index in [0.717, 1.165) is 28.9 Å². The molecule has 0 aliphatic carbocycles. The summed E-state index contributed by atoms with van der Waals surface area (Å²) in [5.74, 6) is -1.21. The molecule has 236 valence electrons. The molecule has 2 aromatic rings. The number of carbonyl (C=O) groups excluding carboxylic acids is 4. The molecule has 0 radical (unpaired) electrons. The molecule has 0 aliphatic rings. The lowest BCUT2D eigenvalue weighted by atomic mass is 10.1. The number of rotatable bonds is 16. The number of aryl methyl sites for hydroxylation is 1. The van der Waals surface area contributed by atoms with E-state index in [1.807, 2.05) is 54.6 Å². The van der Waals surface area contributed by atoms with Crippen molar-refractivity contribution in [1.82, 2.24) is 15.1 Å². The molecule has 0 saturated carbocycles. The summed E-state index contributed by atoms with van der Waals surface area (Å²) in [7, 11) is 2.62. The van der Waals surface area contributed by atoms with Crippen LogP contribution in [0, 0.1) is 0 Å². The first-order valence-electron chi connectivity index (χ1n) is 14.1. The highest BCUT2D eigenvalue weighted by molar-refractivity contribution is 5.89. The molecule has 2 aromatic carbocycles. The minimum absolute atomic E-state index is 0.0634. The summed E-state index contributed by atoms with van der Waals surface area (Å²) in [6.45, 7) is 5.20. The Kier molecular flexibility index (Phi) is 14.4. The second kappa shape index (κ2) is 17.7. The number of ether oxygens (including phenoxy) is 2. The summed E-state index contributed by atoms with van der Waals surface area (Å²) < 4.78 is 11.5. The maximum Gasteiger partial charge on any atom is 0.410 e. The van der Waals surface area contributed by atoms with Gasteiger partial charge in [-0.15, -0.1) is 0 Å². The van der Waals surface area contributed by atoms with Gasteiger partial charge in [-0.2, -0.15) is 4.89 Å². The van der Waals surface area contributed by atoms with Crippen LogP contribution in [0.4, 0.5) is 4.79 Å². The quantitative estimate of drug-likeness (QED) is 0.219. The summed E-state index contributed by atoms with van der Waals surface area (Å²) in [5.41, 5.74) is 6.65. The van der Waals surface area contributed by atoms with Crippen LogP contribution in [0.25, 0.3) is 0 Å². The zero-order valence-corrected chi connectivity index (χ0v) is 25.7. The largest absolute Gasteiger partial charge is 0.491 e. The maximum absolute atomic E-state index is 13.1. The Labute approximate surface area is 253 Å². The van der Waals surface area contributed by atoms with Crippen molar-refractivity contribution in [1.29, 1.82) is 0 Å². The first-order chi connectivity index (χ1) is 20.4. The number of benzene rings is 2. The van der Waals surface area contributed by atoms with E-state index in [9.17, 15) is 19.2 Å². The highest BCUT2D eigenvalue weighted by Gasteiger charge is 2.28. The number of nitrogens with zero attached hydrogens (tertiary/aromatic N) is 2. The second-order valence-corrected chi connectivity index (χ2v) is 10.9. The van der Waals surface area contributed by atoms with E-state index in [0.29, 0.717) is 12.3 Å². The first kappa shape index (κ1) is 35.0. The number of likely N-dealkylation sites (N-methyl/N-ethyl adjacent to an activating group) is 1. The third-order valence-corrected chi connectivity index (χ3v) is 6.09. The number of carbonyl (C=O) groups is 4. The molecule has 1 unspecified atom stereocenters. The van der Waals surface area contributed by atoms with Crippen LogP contribution >= 0.6 is 0 Å². The number of nitrogens with two attached hydrogens (primary N) is 1. The van der Waals surface area contributed by atoms with E-state index in [1.54, 1.807) is 20.8 Å². The highest BCUT2D eigenvalue weighted by atomic mass is 17.2. The van der Waals surface area contributed by atoms with Gasteiger partial charge in [-0.05, 0) is 57.4 Å². The zero-order chi connectivity index (χ0) is 31.8. The average molecular weight is 601 g/mol. The Morgan fingerprint density at radius 1 is 0.977 bits per heavy atom. The van der Waals surface area contributed by atoms with Gasteiger partial charge in [-0.25, -0.2) is 9.59 Å². The normalized spacial score (nSPS) is 11.7. The van der Waals surface area contributed by atoms with Gasteiger partial charge in [0.25, 0.3) is 0 Å². The molecule has 12 nitrogen and oxygen atoms in total. The Bertz CT molecular complexity index is 1190. The van der Waals surface area contributed by atoms with Crippen molar-refractivity contribution in [3.05, 3.63) is 65.7 Å². The van der Waals surface area contributed by atoms with Crippen LogP contribution in [-0.4, -0.2) is 92.3 Å². The van der Waals surface area contributed by atoms with Gasteiger partial charge in [0.1, 0.15) is 30.5 Å². The molecule has 0 aliphatic heterocycles. The van der Waals surface area contributed by atoms with Crippen molar-refractivity contribution in [2.75, 3.05) is 46.9 Å². The standard InChI is InChI=1S/C31H44N4O8/c1-31(2,3)42-30(39)35(18-19-41-26-16-10-9-14-24(26)15-11-17-32)22-28(37)34(4)21-27(36)33-25(29(38)43-40-5)20-23-12-7-6-8-13-23/h6-10,12-14,16,25H,11,15,17-22,32H2,1-5H3,(H,33,36). The van der Waals surface area contributed by atoms with E-state index >= 15 is 0 Å². The highest BCUT2D eigenvalue weighted by Crippen LogP contribution is 2.19. The van der Waals surface area contributed by atoms with Gasteiger partial charge in [-0.1, -0.05) is 48.5 Å². The van der Waals surface area contributed by atoms with Crippen LogP contribution in [0.1, 0.15) is 38.3 Å². The van der Waals surface area contributed by atoms with E-state index < -0.39 is 35.5 Å². The molecule has 0 aromatic heterocycles. The summed E-state index contributed by atoms with van der Waals surface area (Å²) in [5, 5.41) is 2.59. The third kappa shape index (κ3) is 13.1. The molecule has 2 rings (SSSR count). The molecule has 43 heavy (non-hydrogen) atoms. The van der Waals surface area contributed by atoms with Gasteiger partial charge in [0.2, 0.25) is 11.8 Å². The SMILES string of the molecule is COOC(=O)C(Cc1ccccc1)NC(=O)CN(C)C(=O)CN(CCOc1ccccc1CCCN)C(=O)OC(C)(C)C. The molecule has 3 amide bonds. The Hall–Kier alpha value is -4.16. The maximum atomic E-state index is 13.1. The van der Waals surface area contributed by atoms with Gasteiger partial charge in [0, 0.05) is 13.5 Å². The van der Waals surface area contributed by atoms with Crippen molar-refractivity contribution >= 4 is 23.9 Å². The Morgan fingerprint density at radius 2 is 1.65 bits per heavy atom. The molecule has 0 fully saturated rings. The number of hydrogen-bond acceptors (Lipinski definition) is 9. The zero-order valence-electron chi connectivity index (χ0n) is 25.7. The monoisotopic (exact) mass is 600 g/mol. The van der Waals surface area contributed by atoms with Crippen LogP contribution < -0.4 is 15.8 Å². The van der Waals surface area contributed by atoms with E-state index in [4.69, 9.17) is 15.2 Å². The van der Waals surface area contributed by atoms with Crippen molar-refractivity contribution in [3.63, 3.8) is 0 Å². The molecule has 12 heteroatoms. The molecule has 0 spiro atoms. The van der Waals surface area contributed by atoms with Crippen LogP contribution in [0.2, 0.25) is 0 Å². The van der Waals surface area contributed by atoms with Gasteiger partial charge < -0.3 is 25.4 Å². The molecule has 0 bridgehead atoms. The van der Waals surface area contributed by atoms with Gasteiger partial charge in [0.05, 0.1) is 20.2 Å². The van der Waals surface area contributed by atoms with Gasteiger partial charge in [-0.3, -0.25) is 19.4 Å². The summed E-state index contributed by atoms with van der Waals surface area (Å²) in [6.07, 6.45) is 1.03. The molecule has 0 saturated heterocycles. The number of amides is 3. The van der Waals surface area contributed by atoms with Crippen molar-refractivity contribution in [3.8, 4) is 5.75 Å². The summed E-state index contributed by atoms with van der Waals surface area (Å²) in [4.78, 5) is 62.8. The number of hydrogen-bond donors (Lipinski definition) is 2. The fourth-order valence-electron chi connectivity index (χ4n) is 3.98. The lowest BCUT2D eigenvalue weighted by molar-refractivity contribution is -0.256. The smallest absolute Gasteiger partial charge is 0.410 e. The molecule has 3 N–H and O–H groups in total. The average Bonchev–Trinajstić information content (AvgIpc) is 2.95. The fourth-order valence-corrected chi connectivity index (χ4v) is 3.98. The van der Waals surface area contributed by atoms with Crippen molar-refractivity contribution < 1.29 is 38.4 Å². The minimum atomic E-state index is -1.04. The lowest BCUT2D eigenvalue weighted by Gasteiger charge is -2.28. The molecule has 1 atom stereocenters. The minimum Gasteiger partial charge on any atom is -0.491 e. The second-order valence-electron chi connectivity index (χ2n) is 10.9. The molecular formula is C31H44N4O8. The predicted molar refractivity (Wildman–Crippen MR) is 160 cm³/mol. The van der Waals surface area contributed by atoms with Crippen LogP contribution in [0.15, 0.2) is 54.6 Å². The molecule has 0 heterocycles. The van der Waals surface area contributed by atoms with Crippen LogP contribution in [-0.2, 0) is 41.7 Å². The number of para-hydroxylation sites is 1. The first-order valence-corrected chi connectivity index (χ1v) is 14.1. The predicted octanol–water partition coefficient (Wildman–Crippen LogP) is 2.48. The summed E-state index contributed by atoms with van der Waals surface area (Å²) in [6, 6.07) is 15.6.